The van der Waals surface area contributed by atoms with Gasteiger partial charge in [-0.05, 0) is 25.1 Å². The monoisotopic (exact) mass is 395 g/mol. The highest BCUT2D eigenvalue weighted by Crippen LogP contribution is 2.25. The molecule has 0 fully saturated rings. The smallest absolute Gasteiger partial charge is 0.314 e. The van der Waals surface area contributed by atoms with Crippen molar-refractivity contribution in [1.82, 2.24) is 4.57 Å². The van der Waals surface area contributed by atoms with Gasteiger partial charge in [0.25, 0.3) is 5.91 Å². The second-order valence-corrected chi connectivity index (χ2v) is 7.18. The molecule has 2 heterocycles. The van der Waals surface area contributed by atoms with E-state index in [9.17, 15) is 23.7 Å². The highest BCUT2D eigenvalue weighted by Gasteiger charge is 2.12. The van der Waals surface area contributed by atoms with Crippen LogP contribution in [-0.2, 0) is 11.3 Å². The maximum atomic E-state index is 14.0. The summed E-state index contributed by atoms with van der Waals surface area (Å²) in [6, 6.07) is 4.85. The van der Waals surface area contributed by atoms with Gasteiger partial charge in [-0.15, -0.1) is 0 Å². The normalized spacial score (nSPS) is 12.3. The summed E-state index contributed by atoms with van der Waals surface area (Å²) in [6.07, 6.45) is 2.60. The zero-order valence-corrected chi connectivity index (χ0v) is 14.9. The van der Waals surface area contributed by atoms with Crippen LogP contribution in [-0.4, -0.2) is 15.4 Å². The van der Waals surface area contributed by atoms with Gasteiger partial charge in [0.15, 0.2) is 10.6 Å². The highest BCUT2D eigenvalue weighted by atomic mass is 32.1. The van der Waals surface area contributed by atoms with E-state index in [4.69, 9.17) is 0 Å². The van der Waals surface area contributed by atoms with Crippen LogP contribution < -0.4 is 4.80 Å². The van der Waals surface area contributed by atoms with Crippen molar-refractivity contribution in [1.29, 1.82) is 0 Å². The van der Waals surface area contributed by atoms with Gasteiger partial charge in [0, 0.05) is 29.6 Å². The van der Waals surface area contributed by atoms with Crippen LogP contribution in [0.2, 0.25) is 0 Å². The first-order chi connectivity index (χ1) is 12.4. The minimum Gasteiger partial charge on any atom is -0.314 e. The van der Waals surface area contributed by atoms with Crippen molar-refractivity contribution < 1.29 is 18.5 Å². The Morgan fingerprint density at radius 1 is 1.35 bits per heavy atom. The molecule has 0 radical (unpaired) electrons. The van der Waals surface area contributed by atoms with Gasteiger partial charge in [-0.3, -0.25) is 14.9 Å². The number of amides is 1. The number of halogens is 2. The minimum atomic E-state index is -0.714. The van der Waals surface area contributed by atoms with E-state index >= 15 is 0 Å². The third kappa shape index (κ3) is 3.60. The summed E-state index contributed by atoms with van der Waals surface area (Å²) in [5.41, 5.74) is 0.198. The molecule has 3 aromatic rings. The van der Waals surface area contributed by atoms with E-state index in [0.717, 1.165) is 28.7 Å². The molecule has 0 aliphatic rings. The van der Waals surface area contributed by atoms with E-state index in [1.54, 1.807) is 6.92 Å². The SMILES string of the molecule is CCn1c(=NC(=O)/C=C/c2ccc([N+](=O)[O-])s2)sc2cc(F)cc(F)c21. The maximum Gasteiger partial charge on any atom is 0.324 e. The van der Waals surface area contributed by atoms with Gasteiger partial charge in [-0.1, -0.05) is 22.7 Å². The molecule has 0 aliphatic carbocycles. The Labute approximate surface area is 153 Å². The molecule has 0 N–H and O–H groups in total. The molecule has 1 amide bonds. The van der Waals surface area contributed by atoms with Gasteiger partial charge < -0.3 is 4.57 Å². The van der Waals surface area contributed by atoms with Crippen LogP contribution in [0.1, 0.15) is 11.8 Å². The number of fused-ring (bicyclic) bond motifs is 1. The number of rotatable bonds is 4. The molecular formula is C16H11F2N3O3S2. The minimum absolute atomic E-state index is 0.0279. The molecule has 134 valence electrons. The Morgan fingerprint density at radius 3 is 2.77 bits per heavy atom. The molecule has 6 nitrogen and oxygen atoms in total. The fourth-order valence-corrected chi connectivity index (χ4v) is 4.19. The molecule has 0 unspecified atom stereocenters. The fourth-order valence-electron chi connectivity index (χ4n) is 2.32. The average Bonchev–Trinajstić information content (AvgIpc) is 3.17. The van der Waals surface area contributed by atoms with Crippen molar-refractivity contribution >= 4 is 49.9 Å². The van der Waals surface area contributed by atoms with E-state index in [1.807, 2.05) is 0 Å². The van der Waals surface area contributed by atoms with Gasteiger partial charge in [-0.25, -0.2) is 8.78 Å². The van der Waals surface area contributed by atoms with E-state index in [-0.39, 0.29) is 15.3 Å². The lowest BCUT2D eigenvalue weighted by molar-refractivity contribution is -0.380. The largest absolute Gasteiger partial charge is 0.324 e. The van der Waals surface area contributed by atoms with E-state index in [0.29, 0.717) is 16.1 Å². The summed E-state index contributed by atoms with van der Waals surface area (Å²) in [5, 5.41) is 10.6. The first-order valence-corrected chi connectivity index (χ1v) is 9.01. The molecule has 0 aliphatic heterocycles. The van der Waals surface area contributed by atoms with Crippen LogP contribution >= 0.6 is 22.7 Å². The Hall–Kier alpha value is -2.72. The van der Waals surface area contributed by atoms with Crippen molar-refractivity contribution in [2.45, 2.75) is 13.5 Å². The number of aryl methyl sites for hydroxylation is 1. The van der Waals surface area contributed by atoms with Crippen LogP contribution in [0.25, 0.3) is 16.3 Å². The van der Waals surface area contributed by atoms with Crippen molar-refractivity contribution in [3.05, 3.63) is 61.8 Å². The molecule has 0 saturated heterocycles. The number of thiazole rings is 1. The van der Waals surface area contributed by atoms with Crippen molar-refractivity contribution in [3.8, 4) is 0 Å². The van der Waals surface area contributed by atoms with Crippen LogP contribution in [0.3, 0.4) is 0 Å². The second-order valence-electron chi connectivity index (χ2n) is 5.08. The molecule has 26 heavy (non-hydrogen) atoms. The number of nitrogens with zero attached hydrogens (tertiary/aromatic N) is 3. The number of aromatic nitrogens is 1. The average molecular weight is 395 g/mol. The number of carbonyl (C=O) groups is 1. The molecule has 10 heteroatoms. The summed E-state index contributed by atoms with van der Waals surface area (Å²) in [5.74, 6) is -2.01. The second kappa shape index (κ2) is 7.26. The molecular weight excluding hydrogens is 384 g/mol. The van der Waals surface area contributed by atoms with Gasteiger partial charge in [0.2, 0.25) is 0 Å². The Kier molecular flexibility index (Phi) is 5.05. The van der Waals surface area contributed by atoms with Gasteiger partial charge in [0.1, 0.15) is 5.82 Å². The number of benzene rings is 1. The van der Waals surface area contributed by atoms with E-state index < -0.39 is 22.5 Å². The van der Waals surface area contributed by atoms with Crippen LogP contribution in [0.15, 0.2) is 35.3 Å². The lowest BCUT2D eigenvalue weighted by Crippen LogP contribution is -2.15. The first-order valence-electron chi connectivity index (χ1n) is 7.38. The summed E-state index contributed by atoms with van der Waals surface area (Å²) < 4.78 is 29.3. The molecule has 1 aromatic carbocycles. The number of nitro groups is 1. The Morgan fingerprint density at radius 2 is 2.12 bits per heavy atom. The number of hydrogen-bond acceptors (Lipinski definition) is 5. The number of carbonyl (C=O) groups excluding carboxylic acids is 1. The van der Waals surface area contributed by atoms with Crippen molar-refractivity contribution in [2.24, 2.45) is 4.99 Å². The Bertz CT molecular complexity index is 1110. The zero-order valence-electron chi connectivity index (χ0n) is 13.3. The number of hydrogen-bond donors (Lipinski definition) is 0. The third-order valence-corrected chi connectivity index (χ3v) is 5.43. The first kappa shape index (κ1) is 18.1. The lowest BCUT2D eigenvalue weighted by atomic mass is 10.3. The highest BCUT2D eigenvalue weighted by molar-refractivity contribution is 7.16. The summed E-state index contributed by atoms with van der Waals surface area (Å²) in [6.45, 7) is 2.12. The molecule has 0 atom stereocenters. The van der Waals surface area contributed by atoms with Crippen molar-refractivity contribution in [3.63, 3.8) is 0 Å². The lowest BCUT2D eigenvalue weighted by Gasteiger charge is -2.01. The summed E-state index contributed by atoms with van der Waals surface area (Å²) in [4.78, 5) is 26.9. The van der Waals surface area contributed by atoms with Gasteiger partial charge in [-0.2, -0.15) is 4.99 Å². The molecule has 0 spiro atoms. The van der Waals surface area contributed by atoms with E-state index in [2.05, 4.69) is 4.99 Å². The fraction of sp³-hybridized carbons (Fsp3) is 0.125. The summed E-state index contributed by atoms with van der Waals surface area (Å²) in [7, 11) is 0. The standard InChI is InChI=1S/C16H11F2N3O3S2/c1-2-20-15-11(18)7-9(17)8-12(15)26-16(20)19-13(22)5-3-10-4-6-14(25-10)21(23)24/h3-8H,2H2,1H3/b5-3+,19-16?. The van der Waals surface area contributed by atoms with Gasteiger partial charge >= 0.3 is 5.00 Å². The number of thiophene rings is 1. The molecule has 0 bridgehead atoms. The third-order valence-electron chi connectivity index (χ3n) is 3.40. The van der Waals surface area contributed by atoms with E-state index in [1.165, 1.54) is 34.9 Å². The van der Waals surface area contributed by atoms with Crippen LogP contribution in [0.5, 0.6) is 0 Å². The predicted octanol–water partition coefficient (Wildman–Crippen LogP) is 4.11. The summed E-state index contributed by atoms with van der Waals surface area (Å²) >= 11 is 1.94. The van der Waals surface area contributed by atoms with Gasteiger partial charge in [0.05, 0.1) is 15.1 Å². The Balaban J connectivity index is 1.95. The van der Waals surface area contributed by atoms with Crippen LogP contribution in [0, 0.1) is 21.7 Å². The topological polar surface area (TPSA) is 77.5 Å². The zero-order chi connectivity index (χ0) is 18.8. The predicted molar refractivity (Wildman–Crippen MR) is 96.0 cm³/mol. The molecule has 3 rings (SSSR count). The van der Waals surface area contributed by atoms with Crippen molar-refractivity contribution in [2.75, 3.05) is 0 Å². The molecule has 0 saturated carbocycles. The molecule has 2 aromatic heterocycles. The quantitative estimate of drug-likeness (QED) is 0.379. The maximum absolute atomic E-state index is 14.0. The van der Waals surface area contributed by atoms with Crippen LogP contribution in [0.4, 0.5) is 13.8 Å².